The summed E-state index contributed by atoms with van der Waals surface area (Å²) in [5.41, 5.74) is 8.85. The van der Waals surface area contributed by atoms with Crippen molar-refractivity contribution in [2.75, 3.05) is 12.3 Å². The average molecular weight is 384 g/mol. The van der Waals surface area contributed by atoms with Crippen LogP contribution in [0.15, 0.2) is 24.7 Å². The van der Waals surface area contributed by atoms with E-state index in [0.29, 0.717) is 45.5 Å². The Morgan fingerprint density at radius 3 is 3.04 bits per heavy atom. The van der Waals surface area contributed by atoms with Crippen LogP contribution in [-0.2, 0) is 11.3 Å². The number of nitrogens with zero attached hydrogens (tertiary/aromatic N) is 5. The van der Waals surface area contributed by atoms with E-state index in [-0.39, 0.29) is 6.10 Å². The summed E-state index contributed by atoms with van der Waals surface area (Å²) in [7, 11) is 0. The predicted octanol–water partition coefficient (Wildman–Crippen LogP) is 3.17. The molecular weight excluding hydrogens is 366 g/mol. The molecule has 1 fully saturated rings. The van der Waals surface area contributed by atoms with Gasteiger partial charge in [-0.1, -0.05) is 11.6 Å². The van der Waals surface area contributed by atoms with Gasteiger partial charge in [0.1, 0.15) is 23.5 Å². The Balaban J connectivity index is 1.68. The van der Waals surface area contributed by atoms with Crippen LogP contribution in [0.2, 0.25) is 5.02 Å². The number of aromatic nitrogens is 6. The maximum Gasteiger partial charge on any atom is 0.164 e. The molecule has 1 saturated heterocycles. The van der Waals surface area contributed by atoms with Crippen LogP contribution in [0, 0.1) is 0 Å². The highest BCUT2D eigenvalue weighted by Crippen LogP contribution is 2.37. The van der Waals surface area contributed by atoms with E-state index in [0.717, 1.165) is 31.3 Å². The molecule has 0 saturated carbocycles. The highest BCUT2D eigenvalue weighted by atomic mass is 35.5. The quantitative estimate of drug-likeness (QED) is 0.562. The van der Waals surface area contributed by atoms with Crippen LogP contribution in [0.4, 0.5) is 5.82 Å². The van der Waals surface area contributed by atoms with Gasteiger partial charge in [-0.15, -0.1) is 0 Å². The number of halogens is 1. The number of nitrogens with two attached hydrogens (primary N) is 1. The Morgan fingerprint density at radius 1 is 1.30 bits per heavy atom. The first-order valence-electron chi connectivity index (χ1n) is 8.93. The van der Waals surface area contributed by atoms with Crippen molar-refractivity contribution in [3.05, 3.63) is 29.7 Å². The summed E-state index contributed by atoms with van der Waals surface area (Å²) in [6.07, 6.45) is 6.56. The Bertz CT molecular complexity index is 1130. The van der Waals surface area contributed by atoms with Crippen molar-refractivity contribution in [2.45, 2.75) is 31.9 Å². The summed E-state index contributed by atoms with van der Waals surface area (Å²) >= 11 is 6.62. The number of rotatable bonds is 3. The number of ether oxygens (including phenoxy) is 1. The number of pyridine rings is 1. The highest BCUT2D eigenvalue weighted by molar-refractivity contribution is 6.38. The number of nitrogen functional groups attached to an aromatic ring is 1. The van der Waals surface area contributed by atoms with Crippen molar-refractivity contribution in [3.63, 3.8) is 0 Å². The molecule has 0 aliphatic carbocycles. The summed E-state index contributed by atoms with van der Waals surface area (Å²) < 4.78 is 7.71. The zero-order valence-electron chi connectivity index (χ0n) is 14.5. The molecule has 3 N–H and O–H groups in total. The third-order valence-electron chi connectivity index (χ3n) is 4.95. The zero-order chi connectivity index (χ0) is 18.4. The van der Waals surface area contributed by atoms with E-state index in [9.17, 15) is 0 Å². The molecule has 8 nitrogen and oxygen atoms in total. The SMILES string of the molecule is Nc1ncnc2c1c(-c1[nH]c3ncccc3c1Cl)nn2CC1CCCCO1. The maximum absolute atomic E-state index is 6.62. The third kappa shape index (κ3) is 2.72. The van der Waals surface area contributed by atoms with E-state index in [4.69, 9.17) is 27.2 Å². The fourth-order valence-corrected chi connectivity index (χ4v) is 3.92. The Labute approximate surface area is 159 Å². The van der Waals surface area contributed by atoms with E-state index >= 15 is 0 Å². The molecule has 1 aliphatic rings. The second-order valence-electron chi connectivity index (χ2n) is 6.69. The van der Waals surface area contributed by atoms with Gasteiger partial charge in [0, 0.05) is 18.2 Å². The van der Waals surface area contributed by atoms with Crippen molar-refractivity contribution >= 4 is 39.5 Å². The normalized spacial score (nSPS) is 17.7. The van der Waals surface area contributed by atoms with Gasteiger partial charge in [-0.25, -0.2) is 19.6 Å². The number of aromatic amines is 1. The second-order valence-corrected chi connectivity index (χ2v) is 7.07. The second kappa shape index (κ2) is 6.47. The van der Waals surface area contributed by atoms with Gasteiger partial charge in [0.05, 0.1) is 28.8 Å². The van der Waals surface area contributed by atoms with Gasteiger partial charge in [-0.2, -0.15) is 5.10 Å². The highest BCUT2D eigenvalue weighted by Gasteiger charge is 2.24. The minimum atomic E-state index is 0.116. The van der Waals surface area contributed by atoms with E-state index in [2.05, 4.69) is 19.9 Å². The molecule has 0 radical (unpaired) electrons. The molecule has 4 aromatic heterocycles. The summed E-state index contributed by atoms with van der Waals surface area (Å²) in [5.74, 6) is 0.369. The molecule has 0 aromatic carbocycles. The number of hydrogen-bond acceptors (Lipinski definition) is 6. The molecule has 0 amide bonds. The van der Waals surface area contributed by atoms with Crippen molar-refractivity contribution in [1.82, 2.24) is 29.7 Å². The van der Waals surface area contributed by atoms with Crippen LogP contribution in [-0.4, -0.2) is 42.4 Å². The smallest absolute Gasteiger partial charge is 0.164 e. The van der Waals surface area contributed by atoms with Crippen LogP contribution >= 0.6 is 11.6 Å². The van der Waals surface area contributed by atoms with Crippen molar-refractivity contribution in [1.29, 1.82) is 0 Å². The van der Waals surface area contributed by atoms with Gasteiger partial charge in [0.25, 0.3) is 0 Å². The molecule has 27 heavy (non-hydrogen) atoms. The van der Waals surface area contributed by atoms with Gasteiger partial charge in [0.15, 0.2) is 5.65 Å². The van der Waals surface area contributed by atoms with E-state index < -0.39 is 0 Å². The topological polar surface area (TPSA) is 108 Å². The molecule has 1 atom stereocenters. The first-order valence-corrected chi connectivity index (χ1v) is 9.31. The van der Waals surface area contributed by atoms with E-state index in [1.807, 2.05) is 16.8 Å². The van der Waals surface area contributed by atoms with Gasteiger partial charge in [0.2, 0.25) is 0 Å². The molecule has 1 aliphatic heterocycles. The Kier molecular flexibility index (Phi) is 3.95. The van der Waals surface area contributed by atoms with Gasteiger partial charge < -0.3 is 15.5 Å². The maximum atomic E-state index is 6.62. The monoisotopic (exact) mass is 383 g/mol. The molecule has 0 spiro atoms. The van der Waals surface area contributed by atoms with Gasteiger partial charge >= 0.3 is 0 Å². The molecule has 5 heterocycles. The van der Waals surface area contributed by atoms with Crippen molar-refractivity contribution in [3.8, 4) is 11.4 Å². The summed E-state index contributed by atoms with van der Waals surface area (Å²) in [6.45, 7) is 1.40. The number of H-pyrrole nitrogens is 1. The zero-order valence-corrected chi connectivity index (χ0v) is 15.3. The molecule has 1 unspecified atom stereocenters. The number of fused-ring (bicyclic) bond motifs is 2. The van der Waals surface area contributed by atoms with Crippen LogP contribution in [0.25, 0.3) is 33.5 Å². The minimum absolute atomic E-state index is 0.116. The first kappa shape index (κ1) is 16.5. The largest absolute Gasteiger partial charge is 0.383 e. The van der Waals surface area contributed by atoms with E-state index in [1.54, 1.807) is 6.20 Å². The molecule has 138 valence electrons. The first-order chi connectivity index (χ1) is 13.2. The van der Waals surface area contributed by atoms with Crippen LogP contribution < -0.4 is 5.73 Å². The van der Waals surface area contributed by atoms with Crippen LogP contribution in [0.1, 0.15) is 19.3 Å². The average Bonchev–Trinajstić information content (AvgIpc) is 3.22. The molecular formula is C18H18ClN7O. The lowest BCUT2D eigenvalue weighted by molar-refractivity contribution is 0.00468. The number of anilines is 1. The van der Waals surface area contributed by atoms with Gasteiger partial charge in [-0.3, -0.25) is 0 Å². The molecule has 9 heteroatoms. The standard InChI is InChI=1S/C18H18ClN7O/c19-13-11-5-3-6-21-17(11)24-15(13)14-12-16(20)22-9-23-18(12)26(25-14)8-10-4-1-2-7-27-10/h3,5-6,9-10H,1-2,4,7-8H2,(H,21,24)(H2,20,22,23). The minimum Gasteiger partial charge on any atom is -0.383 e. The number of nitrogens with one attached hydrogen (secondary N) is 1. The number of hydrogen-bond donors (Lipinski definition) is 2. The molecule has 5 rings (SSSR count). The Morgan fingerprint density at radius 2 is 2.22 bits per heavy atom. The predicted molar refractivity (Wildman–Crippen MR) is 103 cm³/mol. The molecule has 4 aromatic rings. The molecule has 0 bridgehead atoms. The lowest BCUT2D eigenvalue weighted by Crippen LogP contribution is -2.25. The van der Waals surface area contributed by atoms with Crippen LogP contribution in [0.5, 0.6) is 0 Å². The van der Waals surface area contributed by atoms with Crippen molar-refractivity contribution < 1.29 is 4.74 Å². The third-order valence-corrected chi connectivity index (χ3v) is 5.35. The van der Waals surface area contributed by atoms with Crippen LogP contribution in [0.3, 0.4) is 0 Å². The summed E-state index contributed by atoms with van der Waals surface area (Å²) in [5, 5.41) is 6.86. The summed E-state index contributed by atoms with van der Waals surface area (Å²) in [4.78, 5) is 16.2. The fourth-order valence-electron chi connectivity index (χ4n) is 3.63. The summed E-state index contributed by atoms with van der Waals surface area (Å²) in [6, 6.07) is 3.76. The van der Waals surface area contributed by atoms with Gasteiger partial charge in [-0.05, 0) is 31.4 Å². The fraction of sp³-hybridized carbons (Fsp3) is 0.333. The lowest BCUT2D eigenvalue weighted by Gasteiger charge is -2.22. The Hall–Kier alpha value is -2.71. The lowest BCUT2D eigenvalue weighted by atomic mass is 10.1. The van der Waals surface area contributed by atoms with Crippen molar-refractivity contribution in [2.24, 2.45) is 0 Å². The van der Waals surface area contributed by atoms with E-state index in [1.165, 1.54) is 6.33 Å².